The van der Waals surface area contributed by atoms with E-state index in [1.165, 1.54) is 5.56 Å². The van der Waals surface area contributed by atoms with Crippen molar-refractivity contribution in [2.24, 2.45) is 0 Å². The van der Waals surface area contributed by atoms with Crippen molar-refractivity contribution < 1.29 is 9.47 Å². The van der Waals surface area contributed by atoms with Gasteiger partial charge in [-0.1, -0.05) is 26.0 Å². The second-order valence-corrected chi connectivity index (χ2v) is 3.24. The molecule has 0 spiro atoms. The maximum absolute atomic E-state index is 5.51. The number of ether oxygens (including phenoxy) is 2. The summed E-state index contributed by atoms with van der Waals surface area (Å²) < 4.78 is 10.5. The molecule has 0 aliphatic rings. The van der Waals surface area contributed by atoms with Gasteiger partial charge in [-0.3, -0.25) is 0 Å². The van der Waals surface area contributed by atoms with E-state index in [0.29, 0.717) is 6.61 Å². The molecular weight excluding hydrogens is 188 g/mol. The summed E-state index contributed by atoms with van der Waals surface area (Å²) in [7, 11) is 1.69. The third kappa shape index (κ3) is 6.13. The summed E-state index contributed by atoms with van der Waals surface area (Å²) in [6, 6.07) is 7.96. The molecule has 1 rings (SSSR count). The number of hydrogen-bond donors (Lipinski definition) is 0. The van der Waals surface area contributed by atoms with Crippen molar-refractivity contribution in [2.75, 3.05) is 7.11 Å². The fraction of sp³-hybridized carbons (Fsp3) is 0.538. The number of benzene rings is 1. The zero-order valence-electron chi connectivity index (χ0n) is 10.4. The van der Waals surface area contributed by atoms with Crippen molar-refractivity contribution in [3.63, 3.8) is 0 Å². The van der Waals surface area contributed by atoms with Crippen LogP contribution in [0, 0.1) is 0 Å². The first kappa shape index (κ1) is 14.0. The lowest BCUT2D eigenvalue weighted by Crippen LogP contribution is -2.05. The topological polar surface area (TPSA) is 18.5 Å². The van der Waals surface area contributed by atoms with Crippen LogP contribution in [-0.2, 0) is 11.3 Å². The molecule has 0 N–H and O–H groups in total. The van der Waals surface area contributed by atoms with Gasteiger partial charge in [0, 0.05) is 7.11 Å². The Balaban J connectivity index is 0.000000921. The minimum Gasteiger partial charge on any atom is -0.491 e. The molecule has 0 atom stereocenters. The second-order valence-electron chi connectivity index (χ2n) is 3.24. The molecule has 0 saturated heterocycles. The van der Waals surface area contributed by atoms with Gasteiger partial charge in [-0.25, -0.2) is 0 Å². The zero-order chi connectivity index (χ0) is 11.7. The largest absolute Gasteiger partial charge is 0.491 e. The normalized spacial score (nSPS) is 9.47. The van der Waals surface area contributed by atoms with Gasteiger partial charge in [-0.2, -0.15) is 0 Å². The summed E-state index contributed by atoms with van der Waals surface area (Å²) in [6.07, 6.45) is 0.230. The molecule has 0 fully saturated rings. The van der Waals surface area contributed by atoms with Gasteiger partial charge in [-0.15, -0.1) is 0 Å². The standard InChI is InChI=1S/C11H16O2.C2H6/c1-9(2)13-11-6-4-10(5-7-11)8-12-3;1-2/h4-7,9H,8H2,1-3H3;1-2H3. The fourth-order valence-electron chi connectivity index (χ4n) is 1.10. The quantitative estimate of drug-likeness (QED) is 0.755. The highest BCUT2D eigenvalue weighted by atomic mass is 16.5. The molecule has 0 amide bonds. The summed E-state index contributed by atoms with van der Waals surface area (Å²) in [5.41, 5.74) is 1.17. The smallest absolute Gasteiger partial charge is 0.119 e. The highest BCUT2D eigenvalue weighted by Gasteiger charge is 1.97. The lowest BCUT2D eigenvalue weighted by Gasteiger charge is -2.09. The van der Waals surface area contributed by atoms with Gasteiger partial charge in [0.25, 0.3) is 0 Å². The molecular formula is C13H22O2. The molecule has 0 radical (unpaired) electrons. The maximum Gasteiger partial charge on any atom is 0.119 e. The van der Waals surface area contributed by atoms with E-state index in [2.05, 4.69) is 0 Å². The van der Waals surface area contributed by atoms with Crippen LogP contribution in [0.3, 0.4) is 0 Å². The molecule has 0 aromatic heterocycles. The van der Waals surface area contributed by atoms with Gasteiger partial charge in [0.1, 0.15) is 5.75 Å². The van der Waals surface area contributed by atoms with Crippen LogP contribution in [0.1, 0.15) is 33.3 Å². The third-order valence-corrected chi connectivity index (χ3v) is 1.61. The Bertz CT molecular complexity index is 239. The number of hydrogen-bond acceptors (Lipinski definition) is 2. The van der Waals surface area contributed by atoms with E-state index in [0.717, 1.165) is 5.75 Å². The number of methoxy groups -OCH3 is 1. The van der Waals surface area contributed by atoms with Crippen LogP contribution in [0.2, 0.25) is 0 Å². The molecule has 1 aromatic carbocycles. The molecule has 2 nitrogen and oxygen atoms in total. The van der Waals surface area contributed by atoms with E-state index >= 15 is 0 Å². The van der Waals surface area contributed by atoms with Crippen LogP contribution in [0.5, 0.6) is 5.75 Å². The lowest BCUT2D eigenvalue weighted by molar-refractivity contribution is 0.184. The Kier molecular flexibility index (Phi) is 7.74. The first-order chi connectivity index (χ1) is 7.22. The molecule has 0 heterocycles. The Morgan fingerprint density at radius 2 is 1.60 bits per heavy atom. The minimum absolute atomic E-state index is 0.230. The minimum atomic E-state index is 0.230. The van der Waals surface area contributed by atoms with Crippen LogP contribution in [0.15, 0.2) is 24.3 Å². The van der Waals surface area contributed by atoms with Crippen molar-refractivity contribution in [2.45, 2.75) is 40.4 Å². The van der Waals surface area contributed by atoms with Crippen LogP contribution in [-0.4, -0.2) is 13.2 Å². The Morgan fingerprint density at radius 1 is 1.07 bits per heavy atom. The van der Waals surface area contributed by atoms with Gasteiger partial charge in [0.2, 0.25) is 0 Å². The van der Waals surface area contributed by atoms with Gasteiger partial charge in [0.15, 0.2) is 0 Å². The van der Waals surface area contributed by atoms with Crippen LogP contribution in [0.25, 0.3) is 0 Å². The van der Waals surface area contributed by atoms with Crippen molar-refractivity contribution in [3.8, 4) is 5.75 Å². The monoisotopic (exact) mass is 210 g/mol. The summed E-state index contributed by atoms with van der Waals surface area (Å²) in [5, 5.41) is 0. The van der Waals surface area contributed by atoms with Crippen molar-refractivity contribution in [1.82, 2.24) is 0 Å². The molecule has 86 valence electrons. The molecule has 15 heavy (non-hydrogen) atoms. The summed E-state index contributed by atoms with van der Waals surface area (Å²) in [5.74, 6) is 0.912. The first-order valence-electron chi connectivity index (χ1n) is 5.47. The Hall–Kier alpha value is -1.02. The molecule has 0 aliphatic carbocycles. The highest BCUT2D eigenvalue weighted by Crippen LogP contribution is 2.13. The average Bonchev–Trinajstić information content (AvgIpc) is 2.24. The van der Waals surface area contributed by atoms with E-state index < -0.39 is 0 Å². The lowest BCUT2D eigenvalue weighted by atomic mass is 10.2. The number of rotatable bonds is 4. The second kappa shape index (κ2) is 8.30. The van der Waals surface area contributed by atoms with Gasteiger partial charge >= 0.3 is 0 Å². The summed E-state index contributed by atoms with van der Waals surface area (Å²) >= 11 is 0. The predicted molar refractivity (Wildman–Crippen MR) is 64.3 cm³/mol. The van der Waals surface area contributed by atoms with E-state index in [-0.39, 0.29) is 6.10 Å². The maximum atomic E-state index is 5.51. The SMILES string of the molecule is CC.COCc1ccc(OC(C)C)cc1. The predicted octanol–water partition coefficient (Wildman–Crippen LogP) is 3.65. The first-order valence-corrected chi connectivity index (χ1v) is 5.47. The van der Waals surface area contributed by atoms with Crippen molar-refractivity contribution in [3.05, 3.63) is 29.8 Å². The van der Waals surface area contributed by atoms with E-state index in [1.54, 1.807) is 7.11 Å². The van der Waals surface area contributed by atoms with E-state index in [4.69, 9.17) is 9.47 Å². The summed E-state index contributed by atoms with van der Waals surface area (Å²) in [6.45, 7) is 8.69. The highest BCUT2D eigenvalue weighted by molar-refractivity contribution is 5.26. The molecule has 1 aromatic rings. The fourth-order valence-corrected chi connectivity index (χ4v) is 1.10. The molecule has 2 heteroatoms. The average molecular weight is 210 g/mol. The van der Waals surface area contributed by atoms with Gasteiger partial charge in [0.05, 0.1) is 12.7 Å². The Morgan fingerprint density at radius 3 is 2.00 bits per heavy atom. The van der Waals surface area contributed by atoms with E-state index in [9.17, 15) is 0 Å². The third-order valence-electron chi connectivity index (χ3n) is 1.61. The molecule has 0 bridgehead atoms. The van der Waals surface area contributed by atoms with Crippen LogP contribution < -0.4 is 4.74 Å². The zero-order valence-corrected chi connectivity index (χ0v) is 10.4. The van der Waals surface area contributed by atoms with Gasteiger partial charge in [-0.05, 0) is 31.5 Å². The molecule has 0 aliphatic heterocycles. The van der Waals surface area contributed by atoms with Gasteiger partial charge < -0.3 is 9.47 Å². The molecule has 0 saturated carbocycles. The Labute approximate surface area is 93.2 Å². The summed E-state index contributed by atoms with van der Waals surface area (Å²) in [4.78, 5) is 0. The van der Waals surface area contributed by atoms with Crippen LogP contribution >= 0.6 is 0 Å². The molecule has 0 unspecified atom stereocenters. The van der Waals surface area contributed by atoms with Crippen LogP contribution in [0.4, 0.5) is 0 Å². The van der Waals surface area contributed by atoms with E-state index in [1.807, 2.05) is 52.0 Å². The van der Waals surface area contributed by atoms with Crippen molar-refractivity contribution >= 4 is 0 Å². The van der Waals surface area contributed by atoms with Crippen molar-refractivity contribution in [1.29, 1.82) is 0 Å².